The van der Waals surface area contributed by atoms with Crippen molar-refractivity contribution in [1.82, 2.24) is 15.3 Å². The van der Waals surface area contributed by atoms with E-state index in [0.717, 1.165) is 18.5 Å². The highest BCUT2D eigenvalue weighted by atomic mass is 16.5. The van der Waals surface area contributed by atoms with E-state index in [0.29, 0.717) is 24.9 Å². The fourth-order valence-corrected chi connectivity index (χ4v) is 1.46. The van der Waals surface area contributed by atoms with Gasteiger partial charge in [0.1, 0.15) is 6.33 Å². The first-order valence-corrected chi connectivity index (χ1v) is 5.68. The fraction of sp³-hybridized carbons (Fsp3) is 0.500. The fourth-order valence-electron chi connectivity index (χ4n) is 1.46. The van der Waals surface area contributed by atoms with Crippen LogP contribution in [0.3, 0.4) is 0 Å². The Morgan fingerprint density at radius 3 is 2.50 bits per heavy atom. The maximum absolute atomic E-state index is 5.17. The third-order valence-corrected chi connectivity index (χ3v) is 2.29. The van der Waals surface area contributed by atoms with Gasteiger partial charge in [-0.15, -0.1) is 0 Å². The maximum atomic E-state index is 5.17. The topological polar surface area (TPSA) is 65.5 Å². The third-order valence-electron chi connectivity index (χ3n) is 2.29. The molecule has 0 aliphatic rings. The number of nitrogens with zero attached hydrogens (tertiary/aromatic N) is 2. The Balaban J connectivity index is 2.47. The minimum atomic E-state index is 0.525. The Hall–Kier alpha value is -1.82. The second-order valence-corrected chi connectivity index (χ2v) is 3.44. The summed E-state index contributed by atoms with van der Waals surface area (Å²) in [7, 11) is 3.15. The molecule has 100 valence electrons. The summed E-state index contributed by atoms with van der Waals surface area (Å²) < 4.78 is 15.4. The van der Waals surface area contributed by atoms with Crippen molar-refractivity contribution in [3.05, 3.63) is 24.7 Å². The van der Waals surface area contributed by atoms with E-state index >= 15 is 0 Å². The van der Waals surface area contributed by atoms with Gasteiger partial charge in [0.15, 0.2) is 0 Å². The van der Waals surface area contributed by atoms with Gasteiger partial charge in [-0.3, -0.25) is 0 Å². The van der Waals surface area contributed by atoms with Gasteiger partial charge in [-0.2, -0.15) is 0 Å². The van der Waals surface area contributed by atoms with E-state index in [9.17, 15) is 0 Å². The summed E-state index contributed by atoms with van der Waals surface area (Å²) >= 11 is 0. The Morgan fingerprint density at radius 1 is 1.28 bits per heavy atom. The Labute approximate surface area is 107 Å². The summed E-state index contributed by atoms with van der Waals surface area (Å²) in [5, 5.41) is 3.26. The quantitative estimate of drug-likeness (QED) is 0.526. The number of hydrogen-bond donors (Lipinski definition) is 1. The number of methoxy groups -OCH3 is 2. The molecule has 0 aliphatic heterocycles. The highest BCUT2D eigenvalue weighted by Crippen LogP contribution is 2.22. The van der Waals surface area contributed by atoms with Crippen LogP contribution in [-0.4, -0.2) is 37.3 Å². The summed E-state index contributed by atoms with van der Waals surface area (Å²) in [5.41, 5.74) is 0.812. The second-order valence-electron chi connectivity index (χ2n) is 3.44. The largest absolute Gasteiger partial charge is 0.502 e. The van der Waals surface area contributed by atoms with Crippen LogP contribution in [0.2, 0.25) is 0 Å². The van der Waals surface area contributed by atoms with Gasteiger partial charge in [-0.1, -0.05) is 6.58 Å². The van der Waals surface area contributed by atoms with Crippen molar-refractivity contribution in [2.24, 2.45) is 0 Å². The van der Waals surface area contributed by atoms with Gasteiger partial charge >= 0.3 is 0 Å². The smallest absolute Gasteiger partial charge is 0.224 e. The summed E-state index contributed by atoms with van der Waals surface area (Å²) in [4.78, 5) is 8.09. The molecule has 1 rings (SSSR count). The lowest BCUT2D eigenvalue weighted by Gasteiger charge is -2.11. The van der Waals surface area contributed by atoms with E-state index in [1.807, 2.05) is 0 Å². The molecule has 0 atom stereocenters. The van der Waals surface area contributed by atoms with Crippen molar-refractivity contribution < 1.29 is 14.2 Å². The highest BCUT2D eigenvalue weighted by molar-refractivity contribution is 5.34. The molecule has 18 heavy (non-hydrogen) atoms. The van der Waals surface area contributed by atoms with Gasteiger partial charge in [0.25, 0.3) is 0 Å². The third kappa shape index (κ3) is 4.21. The Morgan fingerprint density at radius 2 is 1.94 bits per heavy atom. The Bertz CT molecular complexity index is 349. The number of ether oxygens (including phenoxy) is 3. The van der Waals surface area contributed by atoms with Crippen LogP contribution in [-0.2, 0) is 11.3 Å². The zero-order chi connectivity index (χ0) is 13.2. The van der Waals surface area contributed by atoms with Gasteiger partial charge in [0.2, 0.25) is 11.8 Å². The van der Waals surface area contributed by atoms with Crippen molar-refractivity contribution >= 4 is 0 Å². The van der Waals surface area contributed by atoms with Gasteiger partial charge in [0, 0.05) is 6.54 Å². The van der Waals surface area contributed by atoms with Crippen LogP contribution in [0.4, 0.5) is 0 Å². The van der Waals surface area contributed by atoms with E-state index in [-0.39, 0.29) is 0 Å². The van der Waals surface area contributed by atoms with E-state index in [4.69, 9.17) is 14.2 Å². The molecule has 0 saturated heterocycles. The molecular weight excluding hydrogens is 234 g/mol. The monoisotopic (exact) mass is 253 g/mol. The molecule has 0 spiro atoms. The molecular formula is C12H19N3O3. The molecule has 6 heteroatoms. The molecule has 1 N–H and O–H groups in total. The van der Waals surface area contributed by atoms with Crippen LogP contribution in [0.5, 0.6) is 11.8 Å². The van der Waals surface area contributed by atoms with Crippen molar-refractivity contribution in [1.29, 1.82) is 0 Å². The molecule has 0 bridgehead atoms. The predicted molar refractivity (Wildman–Crippen MR) is 67.6 cm³/mol. The van der Waals surface area contributed by atoms with E-state index in [1.54, 1.807) is 14.2 Å². The average molecular weight is 253 g/mol. The lowest BCUT2D eigenvalue weighted by atomic mass is 10.3. The number of rotatable bonds is 9. The van der Waals surface area contributed by atoms with Crippen LogP contribution >= 0.6 is 0 Å². The van der Waals surface area contributed by atoms with Crippen molar-refractivity contribution in [2.45, 2.75) is 13.0 Å². The molecule has 1 heterocycles. The first kappa shape index (κ1) is 14.2. The molecule has 6 nitrogen and oxygen atoms in total. The van der Waals surface area contributed by atoms with Crippen LogP contribution in [0, 0.1) is 0 Å². The molecule has 1 aromatic heterocycles. The molecule has 0 aromatic carbocycles. The number of nitrogens with one attached hydrogen (secondary N) is 1. The minimum Gasteiger partial charge on any atom is -0.502 e. The normalized spacial score (nSPS) is 9.89. The zero-order valence-corrected chi connectivity index (χ0v) is 10.8. The molecule has 0 saturated carbocycles. The van der Waals surface area contributed by atoms with Crippen LogP contribution in [0.1, 0.15) is 12.0 Å². The van der Waals surface area contributed by atoms with Gasteiger partial charge in [-0.25, -0.2) is 9.97 Å². The lowest BCUT2D eigenvalue weighted by Crippen LogP contribution is -2.17. The van der Waals surface area contributed by atoms with E-state index in [2.05, 4.69) is 21.9 Å². The van der Waals surface area contributed by atoms with Crippen molar-refractivity contribution in [3.63, 3.8) is 0 Å². The van der Waals surface area contributed by atoms with Crippen molar-refractivity contribution in [2.75, 3.05) is 27.4 Å². The highest BCUT2D eigenvalue weighted by Gasteiger charge is 2.11. The average Bonchev–Trinajstić information content (AvgIpc) is 2.42. The van der Waals surface area contributed by atoms with Gasteiger partial charge in [0.05, 0.1) is 32.7 Å². The minimum absolute atomic E-state index is 0.525. The first-order chi connectivity index (χ1) is 8.83. The van der Waals surface area contributed by atoms with Crippen molar-refractivity contribution in [3.8, 4) is 11.8 Å². The molecule has 1 aromatic rings. The summed E-state index contributed by atoms with van der Waals surface area (Å²) in [6, 6.07) is 0. The molecule has 0 aliphatic carbocycles. The maximum Gasteiger partial charge on any atom is 0.224 e. The zero-order valence-electron chi connectivity index (χ0n) is 10.8. The first-order valence-electron chi connectivity index (χ1n) is 5.68. The number of hydrogen-bond acceptors (Lipinski definition) is 6. The van der Waals surface area contributed by atoms with Gasteiger partial charge in [-0.05, 0) is 13.0 Å². The molecule has 0 fully saturated rings. The van der Waals surface area contributed by atoms with E-state index < -0.39 is 0 Å². The van der Waals surface area contributed by atoms with Crippen LogP contribution < -0.4 is 14.8 Å². The van der Waals surface area contributed by atoms with E-state index in [1.165, 1.54) is 12.6 Å². The summed E-state index contributed by atoms with van der Waals surface area (Å²) in [6.07, 6.45) is 3.75. The molecule has 0 unspecified atom stereocenters. The molecule has 0 amide bonds. The standard InChI is InChI=1S/C12H19N3O3/c1-4-18-7-5-6-13-8-10-11(16-2)14-9-15-12(10)17-3/h4,9,13H,1,5-8H2,2-3H3. The van der Waals surface area contributed by atoms with Crippen LogP contribution in [0.15, 0.2) is 19.2 Å². The number of aromatic nitrogens is 2. The second kappa shape index (κ2) is 8.30. The van der Waals surface area contributed by atoms with Crippen LogP contribution in [0.25, 0.3) is 0 Å². The predicted octanol–water partition coefficient (Wildman–Crippen LogP) is 1.13. The molecule has 0 radical (unpaired) electrons. The lowest BCUT2D eigenvalue weighted by molar-refractivity contribution is 0.244. The SMILES string of the molecule is C=COCCCNCc1c(OC)ncnc1OC. The summed E-state index contributed by atoms with van der Waals surface area (Å²) in [5.74, 6) is 1.05. The van der Waals surface area contributed by atoms with Gasteiger partial charge < -0.3 is 19.5 Å². The summed E-state index contributed by atoms with van der Waals surface area (Å²) in [6.45, 7) is 5.53. The Kier molecular flexibility index (Phi) is 6.56.